The predicted molar refractivity (Wildman–Crippen MR) is 39.2 cm³/mol. The third-order valence-electron chi connectivity index (χ3n) is 0.471. The lowest BCUT2D eigenvalue weighted by atomic mass is 10.9. The van der Waals surface area contributed by atoms with E-state index in [1.54, 1.807) is 7.11 Å². The van der Waals surface area contributed by atoms with Crippen LogP contribution in [0.15, 0.2) is 0 Å². The van der Waals surface area contributed by atoms with Gasteiger partial charge in [-0.2, -0.15) is 0 Å². The zero-order chi connectivity index (χ0) is 7.86. The molecule has 56 valence electrons. The van der Waals surface area contributed by atoms with Gasteiger partial charge in [0.1, 0.15) is 0 Å². The Labute approximate surface area is 57.4 Å². The molecule has 0 aromatic carbocycles. The van der Waals surface area contributed by atoms with E-state index in [-0.39, 0.29) is 0 Å². The molecule has 0 aliphatic rings. The highest BCUT2D eigenvalue weighted by molar-refractivity contribution is 6.48. The van der Waals surface area contributed by atoms with E-state index in [1.807, 2.05) is 0 Å². The number of aliphatic carboxylic acids is 1. The van der Waals surface area contributed by atoms with Gasteiger partial charge in [0.25, 0.3) is 5.97 Å². The fourth-order valence-electron chi connectivity index (χ4n) is 0. The largest absolute Gasteiger partial charge is 0.481 e. The van der Waals surface area contributed by atoms with Gasteiger partial charge in [-0.1, -0.05) is 0 Å². The first-order valence-electron chi connectivity index (χ1n) is 2.73. The average molecular weight is 150 g/mol. The van der Waals surface area contributed by atoms with Crippen LogP contribution in [0.5, 0.6) is 0 Å². The van der Waals surface area contributed by atoms with Crippen molar-refractivity contribution in [3.63, 3.8) is 0 Å². The first kappa shape index (κ1) is 11.4. The molecule has 0 aromatic heterocycles. The second-order valence-electron chi connectivity index (χ2n) is 1.80. The molecule has 1 N–H and O–H groups in total. The van der Waals surface area contributed by atoms with Gasteiger partial charge in [0, 0.05) is 14.0 Å². The van der Waals surface area contributed by atoms with Crippen LogP contribution in [0.3, 0.4) is 0 Å². The van der Waals surface area contributed by atoms with Crippen molar-refractivity contribution in [3.8, 4) is 0 Å². The lowest BCUT2D eigenvalue weighted by Crippen LogP contribution is -2.00. The van der Waals surface area contributed by atoms with Crippen LogP contribution in [0.25, 0.3) is 0 Å². The highest BCUT2D eigenvalue weighted by atomic mass is 28.3. The van der Waals surface area contributed by atoms with E-state index >= 15 is 0 Å². The Morgan fingerprint density at radius 1 is 1.56 bits per heavy atom. The molecule has 3 nitrogen and oxygen atoms in total. The molecule has 0 bridgehead atoms. The summed E-state index contributed by atoms with van der Waals surface area (Å²) in [5.41, 5.74) is 0. The number of rotatable bonds is 1. The monoisotopic (exact) mass is 150 g/mol. The van der Waals surface area contributed by atoms with Gasteiger partial charge in [0.15, 0.2) is 9.04 Å². The Kier molecular flexibility index (Phi) is 9.72. The number of hydrogen-bond donors (Lipinski definition) is 1. The molecular formula is C5H14O3Si. The summed E-state index contributed by atoms with van der Waals surface area (Å²) in [6, 6.07) is 0. The van der Waals surface area contributed by atoms with Crippen molar-refractivity contribution < 1.29 is 14.3 Å². The van der Waals surface area contributed by atoms with Gasteiger partial charge >= 0.3 is 0 Å². The molecule has 0 unspecified atom stereocenters. The molecule has 9 heavy (non-hydrogen) atoms. The average Bonchev–Trinajstić information content (AvgIpc) is 1.65. The summed E-state index contributed by atoms with van der Waals surface area (Å²) in [7, 11) is 1.11. The van der Waals surface area contributed by atoms with Gasteiger partial charge in [-0.25, -0.2) is 0 Å². The summed E-state index contributed by atoms with van der Waals surface area (Å²) in [5, 5.41) is 7.42. The fourth-order valence-corrected chi connectivity index (χ4v) is 0. The smallest absolute Gasteiger partial charge is 0.300 e. The lowest BCUT2D eigenvalue weighted by molar-refractivity contribution is -0.134. The van der Waals surface area contributed by atoms with Crippen molar-refractivity contribution in [1.82, 2.24) is 0 Å². The fraction of sp³-hybridized carbons (Fsp3) is 0.800. The summed E-state index contributed by atoms with van der Waals surface area (Å²) >= 11 is 0. The standard InChI is InChI=1S/C3H10OSi.C2H4O2/c1-4-5(2)3;1-2(3)4/h5H,1-3H3;1H3,(H,3,4). The third kappa shape index (κ3) is 89.9. The Balaban J connectivity index is 0. The van der Waals surface area contributed by atoms with E-state index in [4.69, 9.17) is 14.3 Å². The Morgan fingerprint density at radius 3 is 1.67 bits per heavy atom. The summed E-state index contributed by atoms with van der Waals surface area (Å²) < 4.78 is 4.89. The first-order valence-corrected chi connectivity index (χ1v) is 5.51. The van der Waals surface area contributed by atoms with Gasteiger partial charge in [-0.3, -0.25) is 4.79 Å². The molecule has 0 amide bonds. The maximum Gasteiger partial charge on any atom is 0.300 e. The molecule has 0 spiro atoms. The highest BCUT2D eigenvalue weighted by Crippen LogP contribution is 1.73. The molecule has 0 saturated carbocycles. The van der Waals surface area contributed by atoms with E-state index in [9.17, 15) is 0 Å². The minimum absolute atomic E-state index is 0.650. The molecule has 0 fully saturated rings. The van der Waals surface area contributed by atoms with Crippen molar-refractivity contribution in [2.45, 2.75) is 20.0 Å². The predicted octanol–water partition coefficient (Wildman–Crippen LogP) is 0.707. The van der Waals surface area contributed by atoms with Crippen molar-refractivity contribution in [2.24, 2.45) is 0 Å². The molecule has 0 rings (SSSR count). The first-order chi connectivity index (χ1) is 4.00. The number of hydrogen-bond acceptors (Lipinski definition) is 2. The van der Waals surface area contributed by atoms with Crippen LogP contribution < -0.4 is 0 Å². The molecule has 0 radical (unpaired) electrons. The van der Waals surface area contributed by atoms with Crippen molar-refractivity contribution in [1.29, 1.82) is 0 Å². The van der Waals surface area contributed by atoms with E-state index in [1.165, 1.54) is 0 Å². The number of carboxylic acid groups (broad SMARTS) is 1. The highest BCUT2D eigenvalue weighted by Gasteiger charge is 1.83. The van der Waals surface area contributed by atoms with Gasteiger partial charge in [-0.05, 0) is 13.1 Å². The molecule has 0 aliphatic carbocycles. The van der Waals surface area contributed by atoms with Crippen LogP contribution in [0, 0.1) is 0 Å². The SMILES string of the molecule is CC(=O)O.CO[SiH](C)C. The second-order valence-corrected chi connectivity index (χ2v) is 4.37. The topological polar surface area (TPSA) is 46.5 Å². The zero-order valence-electron chi connectivity index (χ0n) is 6.34. The molecule has 0 heterocycles. The van der Waals surface area contributed by atoms with E-state index in [2.05, 4.69) is 13.1 Å². The maximum atomic E-state index is 9.00. The van der Waals surface area contributed by atoms with E-state index < -0.39 is 15.0 Å². The molecular weight excluding hydrogens is 136 g/mol. The Bertz CT molecular complexity index is 68.6. The zero-order valence-corrected chi connectivity index (χ0v) is 7.50. The number of carboxylic acids is 1. The summed E-state index contributed by atoms with van der Waals surface area (Å²) in [6.07, 6.45) is 0. The molecule has 0 saturated heterocycles. The minimum atomic E-state index is -0.833. The van der Waals surface area contributed by atoms with E-state index in [0.29, 0.717) is 0 Å². The summed E-state index contributed by atoms with van der Waals surface area (Å²) in [4.78, 5) is 9.00. The second kappa shape index (κ2) is 7.65. The van der Waals surface area contributed by atoms with Crippen LogP contribution in [-0.4, -0.2) is 27.2 Å². The van der Waals surface area contributed by atoms with Crippen molar-refractivity contribution >= 4 is 15.0 Å². The minimum Gasteiger partial charge on any atom is -0.481 e. The molecule has 0 atom stereocenters. The molecule has 0 aliphatic heterocycles. The molecule has 0 aromatic rings. The normalized spacial score (nSPS) is 8.11. The summed E-state index contributed by atoms with van der Waals surface area (Å²) in [6.45, 7) is 5.36. The van der Waals surface area contributed by atoms with Gasteiger partial charge < -0.3 is 9.53 Å². The molecule has 4 heteroatoms. The Morgan fingerprint density at radius 2 is 1.67 bits per heavy atom. The van der Waals surface area contributed by atoms with Crippen LogP contribution in [-0.2, 0) is 9.22 Å². The van der Waals surface area contributed by atoms with Crippen LogP contribution >= 0.6 is 0 Å². The van der Waals surface area contributed by atoms with Gasteiger partial charge in [0.05, 0.1) is 0 Å². The quantitative estimate of drug-likeness (QED) is 0.560. The lowest BCUT2D eigenvalue weighted by Gasteiger charge is -1.92. The van der Waals surface area contributed by atoms with Crippen molar-refractivity contribution in [3.05, 3.63) is 0 Å². The number of carbonyl (C=O) groups is 1. The van der Waals surface area contributed by atoms with Gasteiger partial charge in [-0.15, -0.1) is 0 Å². The van der Waals surface area contributed by atoms with Gasteiger partial charge in [0.2, 0.25) is 0 Å². The third-order valence-corrected chi connectivity index (χ3v) is 1.41. The maximum absolute atomic E-state index is 9.00. The van der Waals surface area contributed by atoms with Crippen LogP contribution in [0.2, 0.25) is 13.1 Å². The van der Waals surface area contributed by atoms with Crippen LogP contribution in [0.4, 0.5) is 0 Å². The van der Waals surface area contributed by atoms with Crippen molar-refractivity contribution in [2.75, 3.05) is 7.11 Å². The van der Waals surface area contributed by atoms with E-state index in [0.717, 1.165) is 6.92 Å². The summed E-state index contributed by atoms with van der Waals surface area (Å²) in [5.74, 6) is -0.833. The van der Waals surface area contributed by atoms with Crippen LogP contribution in [0.1, 0.15) is 6.92 Å². The Hall–Kier alpha value is -0.353.